The normalized spacial score (nSPS) is 17.7. The van der Waals surface area contributed by atoms with Gasteiger partial charge in [-0.2, -0.15) is 10.1 Å². The molecule has 0 N–H and O–H groups in total. The number of aromatic nitrogens is 4. The Hall–Kier alpha value is -2.51. The minimum absolute atomic E-state index is 0.199. The summed E-state index contributed by atoms with van der Waals surface area (Å²) in [6, 6.07) is 2.67. The zero-order valence-electron chi connectivity index (χ0n) is 13.2. The van der Waals surface area contributed by atoms with Crippen molar-refractivity contribution in [3.8, 4) is 0 Å². The van der Waals surface area contributed by atoms with Gasteiger partial charge >= 0.3 is 0 Å². The van der Waals surface area contributed by atoms with Crippen molar-refractivity contribution in [3.63, 3.8) is 0 Å². The lowest BCUT2D eigenvalue weighted by atomic mass is 10.2. The molecule has 0 aromatic carbocycles. The Balaban J connectivity index is 1.87. The smallest absolute Gasteiger partial charge is 0.274 e. The molecule has 1 aliphatic heterocycles. The summed E-state index contributed by atoms with van der Waals surface area (Å²) in [6.45, 7) is 4.79. The lowest BCUT2D eigenvalue weighted by Gasteiger charge is -2.21. The Kier molecular flexibility index (Phi) is 4.22. The van der Waals surface area contributed by atoms with E-state index >= 15 is 0 Å². The molecular formula is C15H19N5O3. The Bertz CT molecular complexity index is 766. The van der Waals surface area contributed by atoms with Gasteiger partial charge in [-0.25, -0.2) is 4.68 Å². The summed E-state index contributed by atoms with van der Waals surface area (Å²) < 4.78 is 6.35. The van der Waals surface area contributed by atoms with Gasteiger partial charge in [0, 0.05) is 26.1 Å². The molecule has 0 saturated carbocycles. The second kappa shape index (κ2) is 6.31. The van der Waals surface area contributed by atoms with Crippen LogP contribution < -0.4 is 5.56 Å². The lowest BCUT2D eigenvalue weighted by Crippen LogP contribution is -2.34. The van der Waals surface area contributed by atoms with Crippen molar-refractivity contribution in [2.24, 2.45) is 0 Å². The fourth-order valence-electron chi connectivity index (χ4n) is 2.81. The molecule has 1 amide bonds. The second-order valence-corrected chi connectivity index (χ2v) is 5.61. The van der Waals surface area contributed by atoms with Gasteiger partial charge in [-0.05, 0) is 25.3 Å². The predicted octanol–water partition coefficient (Wildman–Crippen LogP) is 1.32. The van der Waals surface area contributed by atoms with Gasteiger partial charge < -0.3 is 9.42 Å². The van der Waals surface area contributed by atoms with Gasteiger partial charge in [-0.15, -0.1) is 0 Å². The molecular weight excluding hydrogens is 298 g/mol. The molecule has 1 fully saturated rings. The fourth-order valence-corrected chi connectivity index (χ4v) is 2.81. The summed E-state index contributed by atoms with van der Waals surface area (Å²) in [5, 5.41) is 8.12. The van der Waals surface area contributed by atoms with E-state index in [0.717, 1.165) is 19.3 Å². The fraction of sp³-hybridized carbons (Fsp3) is 0.533. The molecule has 122 valence electrons. The molecule has 2 aromatic rings. The molecule has 8 heteroatoms. The Morgan fingerprint density at radius 2 is 2.26 bits per heavy atom. The maximum Gasteiger partial charge on any atom is 0.274 e. The topological polar surface area (TPSA) is 94.1 Å². The molecule has 3 rings (SSSR count). The second-order valence-electron chi connectivity index (χ2n) is 5.61. The summed E-state index contributed by atoms with van der Waals surface area (Å²) in [5.74, 6) is 0.795. The summed E-state index contributed by atoms with van der Waals surface area (Å²) in [4.78, 5) is 30.4. The van der Waals surface area contributed by atoms with E-state index < -0.39 is 0 Å². The number of aryl methyl sites for hydroxylation is 2. The van der Waals surface area contributed by atoms with Crippen molar-refractivity contribution in [1.82, 2.24) is 24.8 Å². The molecule has 0 spiro atoms. The summed E-state index contributed by atoms with van der Waals surface area (Å²) in [5.41, 5.74) is 0.0698. The quantitative estimate of drug-likeness (QED) is 0.844. The van der Waals surface area contributed by atoms with Crippen LogP contribution in [0.2, 0.25) is 0 Å². The van der Waals surface area contributed by atoms with Gasteiger partial charge in [-0.3, -0.25) is 9.59 Å². The number of carbonyl (C=O) groups excluding carboxylic acids is 1. The highest BCUT2D eigenvalue weighted by molar-refractivity contribution is 5.92. The van der Waals surface area contributed by atoms with Crippen LogP contribution in [0.3, 0.4) is 0 Å². The van der Waals surface area contributed by atoms with Gasteiger partial charge in [0.1, 0.15) is 5.69 Å². The van der Waals surface area contributed by atoms with Crippen LogP contribution in [-0.4, -0.2) is 37.3 Å². The van der Waals surface area contributed by atoms with Gasteiger partial charge in [0.25, 0.3) is 11.5 Å². The SMILES string of the molecule is CCCn1nc(C(=O)N2CCC[C@@H]2c2noc(C)n2)ccc1=O. The minimum atomic E-state index is -0.209. The van der Waals surface area contributed by atoms with E-state index in [1.165, 1.54) is 16.8 Å². The highest BCUT2D eigenvalue weighted by atomic mass is 16.5. The Morgan fingerprint density at radius 1 is 1.43 bits per heavy atom. The molecule has 1 atom stereocenters. The molecule has 0 radical (unpaired) electrons. The molecule has 8 nitrogen and oxygen atoms in total. The first kappa shape index (κ1) is 15.4. The van der Waals surface area contributed by atoms with Crippen LogP contribution in [0.5, 0.6) is 0 Å². The number of nitrogens with zero attached hydrogens (tertiary/aromatic N) is 5. The van der Waals surface area contributed by atoms with E-state index in [-0.39, 0.29) is 23.2 Å². The lowest BCUT2D eigenvalue weighted by molar-refractivity contribution is 0.0719. The van der Waals surface area contributed by atoms with E-state index in [1.807, 2.05) is 6.92 Å². The summed E-state index contributed by atoms with van der Waals surface area (Å²) in [6.07, 6.45) is 2.44. The van der Waals surface area contributed by atoms with Crippen LogP contribution in [0.25, 0.3) is 0 Å². The van der Waals surface area contributed by atoms with E-state index in [4.69, 9.17) is 4.52 Å². The number of amides is 1. The predicted molar refractivity (Wildman–Crippen MR) is 80.8 cm³/mol. The van der Waals surface area contributed by atoms with Crippen molar-refractivity contribution >= 4 is 5.91 Å². The first-order chi connectivity index (χ1) is 11.1. The largest absolute Gasteiger partial charge is 0.340 e. The van der Waals surface area contributed by atoms with Crippen LogP contribution in [-0.2, 0) is 6.54 Å². The van der Waals surface area contributed by atoms with E-state index in [1.54, 1.807) is 11.8 Å². The molecule has 0 aliphatic carbocycles. The standard InChI is InChI=1S/C15H19N5O3/c1-3-8-20-13(21)7-6-11(17-20)15(22)19-9-4-5-12(19)14-16-10(2)23-18-14/h6-7,12H,3-5,8-9H2,1-2H3/t12-/m1/s1. The van der Waals surface area contributed by atoms with E-state index in [2.05, 4.69) is 15.2 Å². The zero-order valence-corrected chi connectivity index (χ0v) is 13.2. The third-order valence-corrected chi connectivity index (χ3v) is 3.88. The van der Waals surface area contributed by atoms with Gasteiger partial charge in [0.05, 0.1) is 6.04 Å². The first-order valence-corrected chi connectivity index (χ1v) is 7.79. The highest BCUT2D eigenvalue weighted by Crippen LogP contribution is 2.31. The highest BCUT2D eigenvalue weighted by Gasteiger charge is 2.34. The number of hydrogen-bond acceptors (Lipinski definition) is 6. The van der Waals surface area contributed by atoms with E-state index in [9.17, 15) is 9.59 Å². The molecule has 0 unspecified atom stereocenters. The van der Waals surface area contributed by atoms with Crippen LogP contribution in [0.1, 0.15) is 54.4 Å². The monoisotopic (exact) mass is 317 g/mol. The van der Waals surface area contributed by atoms with Crippen LogP contribution in [0.15, 0.2) is 21.5 Å². The first-order valence-electron chi connectivity index (χ1n) is 7.79. The molecule has 23 heavy (non-hydrogen) atoms. The number of hydrogen-bond donors (Lipinski definition) is 0. The number of likely N-dealkylation sites (tertiary alicyclic amines) is 1. The summed E-state index contributed by atoms with van der Waals surface area (Å²) >= 11 is 0. The molecule has 2 aromatic heterocycles. The molecule has 1 aliphatic rings. The minimum Gasteiger partial charge on any atom is -0.340 e. The molecule has 0 bridgehead atoms. The third-order valence-electron chi connectivity index (χ3n) is 3.88. The van der Waals surface area contributed by atoms with E-state index in [0.29, 0.717) is 24.8 Å². The van der Waals surface area contributed by atoms with Crippen LogP contribution in [0, 0.1) is 6.92 Å². The zero-order chi connectivity index (χ0) is 16.4. The number of carbonyl (C=O) groups is 1. The van der Waals surface area contributed by atoms with Crippen molar-refractivity contribution < 1.29 is 9.32 Å². The van der Waals surface area contributed by atoms with Gasteiger partial charge in [0.2, 0.25) is 5.89 Å². The average molecular weight is 317 g/mol. The Labute approximate surface area is 133 Å². The van der Waals surface area contributed by atoms with Crippen LogP contribution >= 0.6 is 0 Å². The van der Waals surface area contributed by atoms with Crippen molar-refractivity contribution in [3.05, 3.63) is 39.9 Å². The Morgan fingerprint density at radius 3 is 2.96 bits per heavy atom. The van der Waals surface area contributed by atoms with Crippen molar-refractivity contribution in [1.29, 1.82) is 0 Å². The van der Waals surface area contributed by atoms with Crippen LogP contribution in [0.4, 0.5) is 0 Å². The van der Waals surface area contributed by atoms with Gasteiger partial charge in [0.15, 0.2) is 5.82 Å². The van der Waals surface area contributed by atoms with Crippen molar-refractivity contribution in [2.75, 3.05) is 6.54 Å². The summed E-state index contributed by atoms with van der Waals surface area (Å²) in [7, 11) is 0. The maximum absolute atomic E-state index is 12.8. The molecule has 1 saturated heterocycles. The van der Waals surface area contributed by atoms with Crippen molar-refractivity contribution in [2.45, 2.75) is 45.7 Å². The third kappa shape index (κ3) is 3.01. The molecule has 3 heterocycles. The maximum atomic E-state index is 12.8. The average Bonchev–Trinajstić information content (AvgIpc) is 3.17. The van der Waals surface area contributed by atoms with Gasteiger partial charge in [-0.1, -0.05) is 12.1 Å². The number of rotatable bonds is 4.